The van der Waals surface area contributed by atoms with Crippen molar-refractivity contribution in [3.05, 3.63) is 24.3 Å². The molecular weight excluding hydrogens is 271 g/mol. The highest BCUT2D eigenvalue weighted by Crippen LogP contribution is 2.39. The number of hydrogen-bond acceptors (Lipinski definition) is 5. The van der Waals surface area contributed by atoms with Gasteiger partial charge in [0.25, 0.3) is 0 Å². The van der Waals surface area contributed by atoms with E-state index in [1.54, 1.807) is 0 Å². The van der Waals surface area contributed by atoms with Crippen LogP contribution in [0.25, 0.3) is 0 Å². The van der Waals surface area contributed by atoms with Crippen LogP contribution in [-0.4, -0.2) is 42.4 Å². The lowest BCUT2D eigenvalue weighted by atomic mass is 10.4. The van der Waals surface area contributed by atoms with Gasteiger partial charge in [-0.1, -0.05) is 13.2 Å². The van der Waals surface area contributed by atoms with Crippen LogP contribution in [0.5, 0.6) is 0 Å². The van der Waals surface area contributed by atoms with Crippen molar-refractivity contribution >= 4 is 19.3 Å². The summed E-state index contributed by atoms with van der Waals surface area (Å²) in [5, 5.41) is 0. The molecule has 7 heteroatoms. The highest BCUT2D eigenvalue weighted by atomic mass is 31.2. The maximum absolute atomic E-state index is 11.6. The summed E-state index contributed by atoms with van der Waals surface area (Å²) in [7, 11) is -3.48. The Kier molecular flexibility index (Phi) is 7.34. The lowest BCUT2D eigenvalue weighted by molar-refractivity contribution is -0.139. The van der Waals surface area contributed by atoms with Crippen molar-refractivity contribution in [3.63, 3.8) is 0 Å². The molecule has 0 aromatic heterocycles. The van der Waals surface area contributed by atoms with Gasteiger partial charge in [0.15, 0.2) is 0 Å². The smallest absolute Gasteiger partial charge is 0.333 e. The summed E-state index contributed by atoms with van der Waals surface area (Å²) >= 11 is 0. The molecule has 0 saturated heterocycles. The van der Waals surface area contributed by atoms with Crippen LogP contribution in [0.15, 0.2) is 24.3 Å². The fraction of sp³-hybridized carbons (Fsp3) is 0.500. The fourth-order valence-corrected chi connectivity index (χ4v) is 1.90. The van der Waals surface area contributed by atoms with E-state index in [1.165, 1.54) is 13.8 Å². The quantitative estimate of drug-likeness (QED) is 0.414. The highest BCUT2D eigenvalue weighted by molar-refractivity contribution is 7.58. The van der Waals surface area contributed by atoms with E-state index in [-0.39, 0.29) is 36.7 Å². The minimum absolute atomic E-state index is 0.173. The van der Waals surface area contributed by atoms with Crippen LogP contribution in [0.2, 0.25) is 0 Å². The Morgan fingerprint density at radius 1 is 1.00 bits per heavy atom. The van der Waals surface area contributed by atoms with E-state index in [9.17, 15) is 19.0 Å². The lowest BCUT2D eigenvalue weighted by Crippen LogP contribution is -2.13. The average Bonchev–Trinajstić information content (AvgIpc) is 2.27. The molecule has 108 valence electrons. The number of ether oxygens (including phenoxy) is 2. The maximum Gasteiger partial charge on any atom is 0.333 e. The highest BCUT2D eigenvalue weighted by Gasteiger charge is 2.19. The Hall–Kier alpha value is -1.39. The standard InChI is InChI=1S/C12H19O6P/c1-9(2)11(13)17-5-7-19(15,16)8-6-18-12(14)10(3)4/h1,3,5-8H2,2,4H3,(H,15,16). The minimum atomic E-state index is -3.48. The van der Waals surface area contributed by atoms with Gasteiger partial charge in [0, 0.05) is 11.1 Å². The van der Waals surface area contributed by atoms with E-state index >= 15 is 0 Å². The first-order valence-corrected chi connectivity index (χ1v) is 7.65. The molecule has 0 aliphatic carbocycles. The second-order valence-corrected chi connectivity index (χ2v) is 6.71. The molecule has 0 aromatic carbocycles. The van der Waals surface area contributed by atoms with Crippen LogP contribution in [0.3, 0.4) is 0 Å². The van der Waals surface area contributed by atoms with E-state index in [0.29, 0.717) is 0 Å². The molecule has 0 rings (SSSR count). The Morgan fingerprint density at radius 2 is 1.32 bits per heavy atom. The van der Waals surface area contributed by atoms with Crippen molar-refractivity contribution in [2.75, 3.05) is 25.5 Å². The van der Waals surface area contributed by atoms with E-state index in [4.69, 9.17) is 9.47 Å². The van der Waals surface area contributed by atoms with E-state index in [0.717, 1.165) is 0 Å². The molecule has 19 heavy (non-hydrogen) atoms. The van der Waals surface area contributed by atoms with E-state index < -0.39 is 19.3 Å². The van der Waals surface area contributed by atoms with Crippen molar-refractivity contribution < 1.29 is 28.5 Å². The first kappa shape index (κ1) is 17.6. The van der Waals surface area contributed by atoms with Crippen molar-refractivity contribution in [1.82, 2.24) is 0 Å². The second kappa shape index (κ2) is 7.92. The van der Waals surface area contributed by atoms with Gasteiger partial charge in [-0.3, -0.25) is 4.57 Å². The Morgan fingerprint density at radius 3 is 1.58 bits per heavy atom. The minimum Gasteiger partial charge on any atom is -0.462 e. The summed E-state index contributed by atoms with van der Waals surface area (Å²) in [4.78, 5) is 31.6. The molecule has 0 heterocycles. The Labute approximate surface area is 112 Å². The molecule has 0 spiro atoms. The monoisotopic (exact) mass is 290 g/mol. The summed E-state index contributed by atoms with van der Waals surface area (Å²) in [6.07, 6.45) is -0.368. The van der Waals surface area contributed by atoms with Gasteiger partial charge < -0.3 is 14.4 Å². The number of carbonyl (C=O) groups is 2. The molecule has 0 amide bonds. The molecule has 0 radical (unpaired) electrons. The topological polar surface area (TPSA) is 89.9 Å². The first-order chi connectivity index (χ1) is 8.65. The lowest BCUT2D eigenvalue weighted by Gasteiger charge is -2.12. The predicted molar refractivity (Wildman–Crippen MR) is 71.1 cm³/mol. The normalized spacial score (nSPS) is 10.7. The average molecular weight is 290 g/mol. The fourth-order valence-electron chi connectivity index (χ4n) is 0.920. The maximum atomic E-state index is 11.6. The number of esters is 2. The number of carbonyl (C=O) groups excluding carboxylic acids is 2. The van der Waals surface area contributed by atoms with Gasteiger partial charge in [0.1, 0.15) is 13.2 Å². The summed E-state index contributed by atoms with van der Waals surface area (Å²) < 4.78 is 21.1. The summed E-state index contributed by atoms with van der Waals surface area (Å²) in [5.74, 6) is -1.21. The first-order valence-electron chi connectivity index (χ1n) is 5.62. The van der Waals surface area contributed by atoms with Gasteiger partial charge >= 0.3 is 11.9 Å². The largest absolute Gasteiger partial charge is 0.462 e. The molecule has 6 nitrogen and oxygen atoms in total. The van der Waals surface area contributed by atoms with Crippen molar-refractivity contribution in [1.29, 1.82) is 0 Å². The molecular formula is C12H19O6P. The van der Waals surface area contributed by atoms with Gasteiger partial charge in [-0.2, -0.15) is 0 Å². The third-order valence-electron chi connectivity index (χ3n) is 2.04. The predicted octanol–water partition coefficient (Wildman–Crippen LogP) is 1.50. The molecule has 1 N–H and O–H groups in total. The summed E-state index contributed by atoms with van der Waals surface area (Å²) in [5.41, 5.74) is 0.450. The molecule has 0 fully saturated rings. The number of hydrogen-bond donors (Lipinski definition) is 1. The van der Waals surface area contributed by atoms with Crippen LogP contribution in [-0.2, 0) is 23.6 Å². The van der Waals surface area contributed by atoms with Crippen molar-refractivity contribution in [2.24, 2.45) is 0 Å². The zero-order valence-electron chi connectivity index (χ0n) is 11.2. The molecule has 0 aliphatic rings. The van der Waals surface area contributed by atoms with Crippen LogP contribution in [0.4, 0.5) is 0 Å². The molecule has 0 aromatic rings. The molecule has 0 saturated carbocycles. The molecule has 0 unspecified atom stereocenters. The molecule has 0 bridgehead atoms. The summed E-state index contributed by atoms with van der Waals surface area (Å²) in [6, 6.07) is 0. The molecule has 0 atom stereocenters. The Bertz CT molecular complexity index is 390. The summed E-state index contributed by atoms with van der Waals surface area (Å²) in [6.45, 7) is 9.39. The second-order valence-electron chi connectivity index (χ2n) is 4.13. The zero-order valence-corrected chi connectivity index (χ0v) is 12.1. The Balaban J connectivity index is 3.96. The zero-order chi connectivity index (χ0) is 15.1. The SMILES string of the molecule is C=C(C)C(=O)OCCP(=O)(O)CCOC(=O)C(=C)C. The van der Waals surface area contributed by atoms with Gasteiger partial charge in [-0.05, 0) is 13.8 Å². The van der Waals surface area contributed by atoms with Gasteiger partial charge in [0.05, 0.1) is 12.3 Å². The van der Waals surface area contributed by atoms with Crippen molar-refractivity contribution in [2.45, 2.75) is 13.8 Å². The van der Waals surface area contributed by atoms with Gasteiger partial charge in [0.2, 0.25) is 7.37 Å². The van der Waals surface area contributed by atoms with Crippen LogP contribution < -0.4 is 0 Å². The third-order valence-corrected chi connectivity index (χ3v) is 3.81. The number of rotatable bonds is 8. The third kappa shape index (κ3) is 8.35. The van der Waals surface area contributed by atoms with Gasteiger partial charge in [-0.15, -0.1) is 0 Å². The molecule has 0 aliphatic heterocycles. The van der Waals surface area contributed by atoms with Crippen molar-refractivity contribution in [3.8, 4) is 0 Å². The van der Waals surface area contributed by atoms with E-state index in [1.807, 2.05) is 0 Å². The van der Waals surface area contributed by atoms with Crippen LogP contribution in [0, 0.1) is 0 Å². The van der Waals surface area contributed by atoms with E-state index in [2.05, 4.69) is 13.2 Å². The van der Waals surface area contributed by atoms with Crippen LogP contribution in [0.1, 0.15) is 13.8 Å². The van der Waals surface area contributed by atoms with Gasteiger partial charge in [-0.25, -0.2) is 9.59 Å². The van der Waals surface area contributed by atoms with Crippen LogP contribution >= 0.6 is 7.37 Å².